The first-order chi connectivity index (χ1) is 11.7. The number of benzene rings is 1. The second-order valence-electron chi connectivity index (χ2n) is 6.37. The molecular formula is C20H27NO2S. The van der Waals surface area contributed by atoms with E-state index < -0.39 is 0 Å². The Morgan fingerprint density at radius 3 is 2.83 bits per heavy atom. The summed E-state index contributed by atoms with van der Waals surface area (Å²) in [5.41, 5.74) is 3.47. The molecule has 0 saturated heterocycles. The van der Waals surface area contributed by atoms with Crippen molar-refractivity contribution < 1.29 is 9.90 Å². The summed E-state index contributed by atoms with van der Waals surface area (Å²) >= 11 is 5.19. The molecule has 1 aromatic carbocycles. The largest absolute Gasteiger partial charge is 0.396 e. The van der Waals surface area contributed by atoms with Gasteiger partial charge in [0.1, 0.15) is 0 Å². The molecule has 1 atom stereocenters. The number of unbranched alkanes of at least 4 members (excludes halogenated alkanes) is 2. The number of thiocarbonyl (C=S) groups is 1. The number of nitrogens with one attached hydrogen (secondary N) is 1. The molecule has 1 amide bonds. The second kappa shape index (κ2) is 9.70. The second-order valence-corrected chi connectivity index (χ2v) is 6.87. The Hall–Kier alpha value is -1.52. The third-order valence-corrected chi connectivity index (χ3v) is 4.87. The highest BCUT2D eigenvalue weighted by atomic mass is 32.1. The summed E-state index contributed by atoms with van der Waals surface area (Å²) in [5, 5.41) is 12.2. The van der Waals surface area contributed by atoms with Crippen molar-refractivity contribution in [3.8, 4) is 0 Å². The number of aryl methyl sites for hydroxylation is 1. The Balaban J connectivity index is 2.37. The SMILES string of the molecule is CCCCCc1ccccc1/C1=C/C(=O)NC(=S)CCC1CCO. The van der Waals surface area contributed by atoms with Crippen molar-refractivity contribution in [2.75, 3.05) is 6.61 Å². The quantitative estimate of drug-likeness (QED) is 0.579. The molecule has 1 aromatic rings. The molecule has 0 spiro atoms. The van der Waals surface area contributed by atoms with E-state index in [1.807, 2.05) is 6.07 Å². The van der Waals surface area contributed by atoms with Crippen molar-refractivity contribution >= 4 is 28.7 Å². The zero-order chi connectivity index (χ0) is 17.4. The zero-order valence-corrected chi connectivity index (χ0v) is 15.2. The molecule has 1 aliphatic rings. The number of aliphatic hydroxyl groups excluding tert-OH is 1. The van der Waals surface area contributed by atoms with E-state index in [0.717, 1.165) is 30.4 Å². The molecule has 1 unspecified atom stereocenters. The van der Waals surface area contributed by atoms with E-state index in [9.17, 15) is 9.90 Å². The fraction of sp³-hybridized carbons (Fsp3) is 0.500. The highest BCUT2D eigenvalue weighted by Crippen LogP contribution is 2.33. The Morgan fingerprint density at radius 1 is 1.29 bits per heavy atom. The van der Waals surface area contributed by atoms with Crippen LogP contribution in [0.5, 0.6) is 0 Å². The Bertz CT molecular complexity index is 609. The van der Waals surface area contributed by atoms with Gasteiger partial charge in [-0.3, -0.25) is 4.79 Å². The molecule has 0 radical (unpaired) electrons. The fourth-order valence-corrected chi connectivity index (χ4v) is 3.51. The molecule has 2 N–H and O–H groups in total. The van der Waals surface area contributed by atoms with Crippen LogP contribution in [0.4, 0.5) is 0 Å². The van der Waals surface area contributed by atoms with Crippen molar-refractivity contribution in [3.05, 3.63) is 41.5 Å². The van der Waals surface area contributed by atoms with Crippen LogP contribution in [-0.4, -0.2) is 22.6 Å². The predicted molar refractivity (Wildman–Crippen MR) is 103 cm³/mol. The number of hydrogen-bond donors (Lipinski definition) is 2. The number of carbonyl (C=O) groups excluding carboxylic acids is 1. The summed E-state index contributed by atoms with van der Waals surface area (Å²) in [4.78, 5) is 12.8. The third-order valence-electron chi connectivity index (χ3n) is 4.56. The first kappa shape index (κ1) is 18.8. The maximum atomic E-state index is 12.2. The van der Waals surface area contributed by atoms with E-state index in [2.05, 4.69) is 30.4 Å². The minimum atomic E-state index is -0.152. The molecule has 2 rings (SSSR count). The van der Waals surface area contributed by atoms with E-state index in [0.29, 0.717) is 17.8 Å². The van der Waals surface area contributed by atoms with Gasteiger partial charge in [-0.15, -0.1) is 0 Å². The fourth-order valence-electron chi connectivity index (χ4n) is 3.29. The third kappa shape index (κ3) is 5.25. The van der Waals surface area contributed by atoms with Gasteiger partial charge in [0.05, 0.1) is 4.99 Å². The van der Waals surface area contributed by atoms with Crippen LogP contribution in [0.3, 0.4) is 0 Å². The van der Waals surface area contributed by atoms with Crippen LogP contribution in [0.1, 0.15) is 56.6 Å². The van der Waals surface area contributed by atoms with Gasteiger partial charge in [0, 0.05) is 12.7 Å². The summed E-state index contributed by atoms with van der Waals surface area (Å²) in [6.45, 7) is 2.32. The lowest BCUT2D eigenvalue weighted by Crippen LogP contribution is -2.30. The zero-order valence-electron chi connectivity index (χ0n) is 14.4. The van der Waals surface area contributed by atoms with E-state index in [4.69, 9.17) is 12.2 Å². The lowest BCUT2D eigenvalue weighted by Gasteiger charge is -2.24. The van der Waals surface area contributed by atoms with Crippen molar-refractivity contribution in [3.63, 3.8) is 0 Å². The van der Waals surface area contributed by atoms with E-state index in [1.54, 1.807) is 6.08 Å². The average Bonchev–Trinajstić information content (AvgIpc) is 2.56. The number of amides is 1. The maximum Gasteiger partial charge on any atom is 0.249 e. The van der Waals surface area contributed by atoms with Gasteiger partial charge in [-0.25, -0.2) is 0 Å². The van der Waals surface area contributed by atoms with Crippen LogP contribution in [-0.2, 0) is 11.2 Å². The molecule has 24 heavy (non-hydrogen) atoms. The van der Waals surface area contributed by atoms with Gasteiger partial charge in [0.15, 0.2) is 0 Å². The van der Waals surface area contributed by atoms with Gasteiger partial charge in [-0.05, 0) is 54.7 Å². The highest BCUT2D eigenvalue weighted by Gasteiger charge is 2.22. The van der Waals surface area contributed by atoms with Gasteiger partial charge in [-0.2, -0.15) is 0 Å². The van der Waals surface area contributed by atoms with Crippen LogP contribution in [0.2, 0.25) is 0 Å². The first-order valence-electron chi connectivity index (χ1n) is 8.90. The van der Waals surface area contributed by atoms with Crippen LogP contribution >= 0.6 is 12.2 Å². The maximum absolute atomic E-state index is 12.2. The molecule has 4 heteroatoms. The lowest BCUT2D eigenvalue weighted by atomic mass is 9.83. The van der Waals surface area contributed by atoms with Gasteiger partial charge in [-0.1, -0.05) is 56.2 Å². The molecule has 0 aliphatic carbocycles. The molecule has 0 fully saturated rings. The minimum absolute atomic E-state index is 0.119. The molecule has 0 bridgehead atoms. The lowest BCUT2D eigenvalue weighted by molar-refractivity contribution is -0.115. The summed E-state index contributed by atoms with van der Waals surface area (Å²) in [6.07, 6.45) is 8.46. The van der Waals surface area contributed by atoms with E-state index in [1.165, 1.54) is 18.4 Å². The highest BCUT2D eigenvalue weighted by molar-refractivity contribution is 7.80. The Kier molecular flexibility index (Phi) is 7.60. The number of carbonyl (C=O) groups is 1. The Labute approximate surface area is 150 Å². The van der Waals surface area contributed by atoms with Gasteiger partial charge in [0.25, 0.3) is 0 Å². The summed E-state index contributed by atoms with van der Waals surface area (Å²) < 4.78 is 0. The van der Waals surface area contributed by atoms with Gasteiger partial charge < -0.3 is 10.4 Å². The molecule has 1 heterocycles. The Morgan fingerprint density at radius 2 is 2.08 bits per heavy atom. The summed E-state index contributed by atoms with van der Waals surface area (Å²) in [5.74, 6) is 0.00678. The van der Waals surface area contributed by atoms with Gasteiger partial charge >= 0.3 is 0 Å². The minimum Gasteiger partial charge on any atom is -0.396 e. The molecule has 0 aromatic heterocycles. The molecule has 0 saturated carbocycles. The molecule has 1 aliphatic heterocycles. The van der Waals surface area contributed by atoms with Crippen molar-refractivity contribution in [1.82, 2.24) is 5.32 Å². The average molecular weight is 346 g/mol. The number of rotatable bonds is 7. The van der Waals surface area contributed by atoms with E-state index >= 15 is 0 Å². The van der Waals surface area contributed by atoms with Gasteiger partial charge in [0.2, 0.25) is 5.91 Å². The molecule has 3 nitrogen and oxygen atoms in total. The summed E-state index contributed by atoms with van der Waals surface area (Å²) in [7, 11) is 0. The normalized spacial score (nSPS) is 20.8. The predicted octanol–water partition coefficient (Wildman–Crippen LogP) is 4.04. The number of allylic oxidation sites excluding steroid dienone is 1. The monoisotopic (exact) mass is 345 g/mol. The van der Waals surface area contributed by atoms with Crippen molar-refractivity contribution in [2.45, 2.75) is 51.9 Å². The molecular weight excluding hydrogens is 318 g/mol. The van der Waals surface area contributed by atoms with Crippen molar-refractivity contribution in [2.24, 2.45) is 5.92 Å². The van der Waals surface area contributed by atoms with E-state index in [-0.39, 0.29) is 18.4 Å². The topological polar surface area (TPSA) is 49.3 Å². The summed E-state index contributed by atoms with van der Waals surface area (Å²) in [6, 6.07) is 8.34. The van der Waals surface area contributed by atoms with Crippen LogP contribution in [0.25, 0.3) is 5.57 Å². The van der Waals surface area contributed by atoms with Crippen molar-refractivity contribution in [1.29, 1.82) is 0 Å². The number of aliphatic hydroxyl groups is 1. The van der Waals surface area contributed by atoms with Crippen LogP contribution in [0.15, 0.2) is 30.3 Å². The first-order valence-corrected chi connectivity index (χ1v) is 9.31. The smallest absolute Gasteiger partial charge is 0.249 e. The van der Waals surface area contributed by atoms with Crippen LogP contribution < -0.4 is 5.32 Å². The van der Waals surface area contributed by atoms with Crippen LogP contribution in [0, 0.1) is 5.92 Å². The molecule has 130 valence electrons. The number of hydrogen-bond acceptors (Lipinski definition) is 3. The standard InChI is InChI=1S/C20H27NO2S/c1-2-3-4-7-15-8-5-6-9-17(15)18-14-19(23)21-20(24)11-10-16(18)12-13-22/h5-6,8-9,14,16,22H,2-4,7,10-13H2,1H3,(H,21,23,24)/b18-14+.